The first-order valence-corrected chi connectivity index (χ1v) is 9.99. The quantitative estimate of drug-likeness (QED) is 0.785. The van der Waals surface area contributed by atoms with Crippen molar-refractivity contribution in [2.45, 2.75) is 71.6 Å². The Morgan fingerprint density at radius 2 is 2.11 bits per heavy atom. The van der Waals surface area contributed by atoms with Gasteiger partial charge in [0.25, 0.3) is 0 Å². The Hall–Kier alpha value is -2.30. The van der Waals surface area contributed by atoms with E-state index in [1.807, 2.05) is 18.7 Å². The van der Waals surface area contributed by atoms with Crippen LogP contribution >= 0.6 is 0 Å². The maximum atomic E-state index is 13.0. The van der Waals surface area contributed by atoms with Gasteiger partial charge < -0.3 is 9.64 Å². The van der Waals surface area contributed by atoms with Crippen LogP contribution in [0.1, 0.15) is 54.3 Å². The SMILES string of the molecule is Cc1nn(C)c(C)c1CN(C(=O)CCc1ccc2c(c1)C[C@@H](C)O2)C1CC1. The molecule has 0 N–H and O–H groups in total. The van der Waals surface area contributed by atoms with Crippen molar-refractivity contribution in [1.29, 1.82) is 0 Å². The third-order valence-electron chi connectivity index (χ3n) is 5.88. The number of carbonyl (C=O) groups excluding carboxylic acids is 1. The summed E-state index contributed by atoms with van der Waals surface area (Å²) < 4.78 is 7.68. The van der Waals surface area contributed by atoms with Gasteiger partial charge in [0.2, 0.25) is 5.91 Å². The average Bonchev–Trinajstić information content (AvgIpc) is 3.35. The van der Waals surface area contributed by atoms with E-state index in [2.05, 4.69) is 42.0 Å². The summed E-state index contributed by atoms with van der Waals surface area (Å²) in [5, 5.41) is 4.50. The highest BCUT2D eigenvalue weighted by atomic mass is 16.5. The molecule has 0 bridgehead atoms. The molecule has 1 aromatic carbocycles. The van der Waals surface area contributed by atoms with E-state index < -0.39 is 0 Å². The summed E-state index contributed by atoms with van der Waals surface area (Å²) in [4.78, 5) is 15.1. The van der Waals surface area contributed by atoms with Crippen LogP contribution in [0.4, 0.5) is 0 Å². The molecule has 2 heterocycles. The molecule has 1 amide bonds. The predicted molar refractivity (Wildman–Crippen MR) is 105 cm³/mol. The second-order valence-electron chi connectivity index (χ2n) is 8.10. The van der Waals surface area contributed by atoms with E-state index in [-0.39, 0.29) is 12.0 Å². The van der Waals surface area contributed by atoms with Crippen molar-refractivity contribution in [3.8, 4) is 5.75 Å². The molecule has 0 spiro atoms. The van der Waals surface area contributed by atoms with Crippen molar-refractivity contribution in [3.63, 3.8) is 0 Å². The van der Waals surface area contributed by atoms with Gasteiger partial charge in [0, 0.05) is 43.7 Å². The monoisotopic (exact) mass is 367 g/mol. The van der Waals surface area contributed by atoms with E-state index in [0.29, 0.717) is 19.0 Å². The van der Waals surface area contributed by atoms with Gasteiger partial charge in [-0.15, -0.1) is 0 Å². The lowest BCUT2D eigenvalue weighted by Gasteiger charge is -2.23. The zero-order valence-electron chi connectivity index (χ0n) is 16.8. The van der Waals surface area contributed by atoms with E-state index >= 15 is 0 Å². The first-order valence-electron chi connectivity index (χ1n) is 9.99. The van der Waals surface area contributed by atoms with Gasteiger partial charge in [-0.25, -0.2) is 0 Å². The van der Waals surface area contributed by atoms with Gasteiger partial charge in [-0.2, -0.15) is 5.10 Å². The lowest BCUT2D eigenvalue weighted by molar-refractivity contribution is -0.132. The largest absolute Gasteiger partial charge is 0.490 e. The molecule has 5 heteroatoms. The molecule has 0 radical (unpaired) electrons. The number of fused-ring (bicyclic) bond motifs is 1. The fraction of sp³-hybridized carbons (Fsp3) is 0.545. The Balaban J connectivity index is 1.42. The van der Waals surface area contributed by atoms with Crippen LogP contribution in [0, 0.1) is 13.8 Å². The summed E-state index contributed by atoms with van der Waals surface area (Å²) in [6, 6.07) is 6.77. The molecule has 4 rings (SSSR count). The number of carbonyl (C=O) groups is 1. The van der Waals surface area contributed by atoms with E-state index in [1.54, 1.807) is 0 Å². The molecule has 0 saturated heterocycles. The van der Waals surface area contributed by atoms with E-state index in [4.69, 9.17) is 4.74 Å². The lowest BCUT2D eigenvalue weighted by Crippen LogP contribution is -2.33. The zero-order chi connectivity index (χ0) is 19.1. The number of hydrogen-bond donors (Lipinski definition) is 0. The smallest absolute Gasteiger partial charge is 0.223 e. The molecule has 2 aromatic rings. The van der Waals surface area contributed by atoms with Crippen LogP contribution in [-0.4, -0.2) is 32.7 Å². The minimum atomic E-state index is 0.255. The van der Waals surface area contributed by atoms with Crippen LogP contribution in [0.2, 0.25) is 0 Å². The number of amides is 1. The number of hydrogen-bond acceptors (Lipinski definition) is 3. The highest BCUT2D eigenvalue weighted by Gasteiger charge is 2.33. The first kappa shape index (κ1) is 18.1. The van der Waals surface area contributed by atoms with Gasteiger partial charge in [-0.1, -0.05) is 12.1 Å². The molecule has 1 saturated carbocycles. The highest BCUT2D eigenvalue weighted by Crippen LogP contribution is 2.32. The molecular weight excluding hydrogens is 338 g/mol. The molecule has 1 atom stereocenters. The summed E-state index contributed by atoms with van der Waals surface area (Å²) in [5.74, 6) is 1.25. The molecule has 1 aliphatic carbocycles. The van der Waals surface area contributed by atoms with E-state index in [9.17, 15) is 4.79 Å². The Morgan fingerprint density at radius 1 is 1.33 bits per heavy atom. The molecular formula is C22H29N3O2. The van der Waals surface area contributed by atoms with Crippen LogP contribution in [-0.2, 0) is 31.2 Å². The van der Waals surface area contributed by atoms with E-state index in [0.717, 1.165) is 42.8 Å². The normalized spacial score (nSPS) is 18.3. The Bertz CT molecular complexity index is 867. The van der Waals surface area contributed by atoms with Crippen LogP contribution in [0.5, 0.6) is 5.75 Å². The lowest BCUT2D eigenvalue weighted by atomic mass is 10.0. The maximum Gasteiger partial charge on any atom is 0.223 e. The number of aromatic nitrogens is 2. The molecule has 5 nitrogen and oxygen atoms in total. The zero-order valence-corrected chi connectivity index (χ0v) is 16.8. The number of nitrogens with zero attached hydrogens (tertiary/aromatic N) is 3. The predicted octanol–water partition coefficient (Wildman–Crippen LogP) is 3.48. The second kappa shape index (κ2) is 7.02. The molecule has 144 valence electrons. The third-order valence-corrected chi connectivity index (χ3v) is 5.88. The van der Waals surface area contributed by atoms with Crippen molar-refractivity contribution < 1.29 is 9.53 Å². The minimum absolute atomic E-state index is 0.255. The van der Waals surface area contributed by atoms with Gasteiger partial charge in [0.15, 0.2) is 0 Å². The fourth-order valence-electron chi connectivity index (χ4n) is 4.05. The topological polar surface area (TPSA) is 47.4 Å². The second-order valence-corrected chi connectivity index (χ2v) is 8.10. The fourth-order valence-corrected chi connectivity index (χ4v) is 4.05. The maximum absolute atomic E-state index is 13.0. The van der Waals surface area contributed by atoms with Crippen molar-refractivity contribution in [1.82, 2.24) is 14.7 Å². The van der Waals surface area contributed by atoms with Crippen LogP contribution < -0.4 is 4.74 Å². The van der Waals surface area contributed by atoms with Gasteiger partial charge in [-0.05, 0) is 57.2 Å². The number of rotatable bonds is 6. The number of benzene rings is 1. The summed E-state index contributed by atoms with van der Waals surface area (Å²) in [6.45, 7) is 6.90. The van der Waals surface area contributed by atoms with Gasteiger partial charge in [-0.3, -0.25) is 9.48 Å². The minimum Gasteiger partial charge on any atom is -0.490 e. The van der Waals surface area contributed by atoms with Gasteiger partial charge in [0.05, 0.1) is 5.69 Å². The van der Waals surface area contributed by atoms with Crippen molar-refractivity contribution >= 4 is 5.91 Å². The molecule has 2 aliphatic rings. The van der Waals surface area contributed by atoms with Crippen molar-refractivity contribution in [2.75, 3.05) is 0 Å². The Morgan fingerprint density at radius 3 is 2.78 bits per heavy atom. The molecule has 0 unspecified atom stereocenters. The van der Waals surface area contributed by atoms with Crippen LogP contribution in [0.3, 0.4) is 0 Å². The van der Waals surface area contributed by atoms with Crippen LogP contribution in [0.25, 0.3) is 0 Å². The third kappa shape index (κ3) is 3.73. The van der Waals surface area contributed by atoms with Crippen molar-refractivity contribution in [2.24, 2.45) is 7.05 Å². The van der Waals surface area contributed by atoms with Gasteiger partial charge >= 0.3 is 0 Å². The van der Waals surface area contributed by atoms with Crippen LogP contribution in [0.15, 0.2) is 18.2 Å². The van der Waals surface area contributed by atoms with E-state index in [1.165, 1.54) is 16.7 Å². The first-order chi connectivity index (χ1) is 12.9. The standard InChI is InChI=1S/C22H29N3O2/c1-14-11-18-12-17(5-9-21(18)27-14)6-10-22(26)25(19-7-8-19)13-20-15(2)23-24(4)16(20)3/h5,9,12,14,19H,6-8,10-11,13H2,1-4H3/t14-/m1/s1. The summed E-state index contributed by atoms with van der Waals surface area (Å²) in [5.41, 5.74) is 5.87. The summed E-state index contributed by atoms with van der Waals surface area (Å²) in [6.07, 6.45) is 4.81. The summed E-state index contributed by atoms with van der Waals surface area (Å²) in [7, 11) is 1.97. The molecule has 1 aromatic heterocycles. The Kier molecular flexibility index (Phi) is 4.70. The van der Waals surface area contributed by atoms with Crippen molar-refractivity contribution in [3.05, 3.63) is 46.3 Å². The molecule has 1 aliphatic heterocycles. The molecule has 27 heavy (non-hydrogen) atoms. The number of aryl methyl sites for hydroxylation is 3. The molecule has 1 fully saturated rings. The number of ether oxygens (including phenoxy) is 1. The Labute approximate surface area is 161 Å². The van der Waals surface area contributed by atoms with Gasteiger partial charge in [0.1, 0.15) is 11.9 Å². The summed E-state index contributed by atoms with van der Waals surface area (Å²) >= 11 is 0. The average molecular weight is 367 g/mol. The highest BCUT2D eigenvalue weighted by molar-refractivity contribution is 5.77.